The molecule has 0 saturated heterocycles. The van der Waals surface area contributed by atoms with Gasteiger partial charge in [-0.05, 0) is 81.7 Å². The summed E-state index contributed by atoms with van der Waals surface area (Å²) in [7, 11) is 0. The lowest BCUT2D eigenvalue weighted by molar-refractivity contribution is 0.0599. The highest BCUT2D eigenvalue weighted by molar-refractivity contribution is 6.55. The molecule has 1 aliphatic heterocycles. The van der Waals surface area contributed by atoms with Gasteiger partial charge in [-0.25, -0.2) is 0 Å². The van der Waals surface area contributed by atoms with E-state index in [0.29, 0.717) is 0 Å². The smallest absolute Gasteiger partial charge is 0.133 e. The van der Waals surface area contributed by atoms with Crippen LogP contribution in [0.3, 0.4) is 0 Å². The summed E-state index contributed by atoms with van der Waals surface area (Å²) in [6.45, 7) is 16.6. The summed E-state index contributed by atoms with van der Waals surface area (Å²) in [5, 5.41) is 0. The zero-order chi connectivity index (χ0) is 15.1. The van der Waals surface area contributed by atoms with Crippen LogP contribution in [0, 0.1) is 27.7 Å². The molecule has 2 rings (SSSR count). The number of rotatable bonds is 3. The molecule has 0 unspecified atom stereocenters. The molecule has 1 heterocycles. The molecule has 1 aromatic carbocycles. The lowest BCUT2D eigenvalue weighted by Crippen LogP contribution is -2.37. The minimum Gasteiger partial charge on any atom is -0.487 e. The molecule has 0 fully saturated rings. The van der Waals surface area contributed by atoms with Crippen molar-refractivity contribution in [3.63, 3.8) is 0 Å². The van der Waals surface area contributed by atoms with E-state index in [4.69, 9.17) is 4.74 Å². The van der Waals surface area contributed by atoms with E-state index in [1.165, 1.54) is 39.9 Å². The number of hydrogen-bond donors (Lipinski definition) is 0. The topological polar surface area (TPSA) is 9.23 Å². The molecule has 0 radical (unpaired) electrons. The van der Waals surface area contributed by atoms with Crippen molar-refractivity contribution in [2.24, 2.45) is 0 Å². The van der Waals surface area contributed by atoms with E-state index >= 15 is 0 Å². The van der Waals surface area contributed by atoms with Crippen LogP contribution < -0.4 is 4.74 Å². The van der Waals surface area contributed by atoms with Gasteiger partial charge >= 0.3 is 0 Å². The Morgan fingerprint density at radius 3 is 2.20 bits per heavy atom. The molecule has 0 aliphatic carbocycles. The maximum Gasteiger partial charge on any atom is 0.133 e. The normalized spacial score (nSPS) is 21.4. The van der Waals surface area contributed by atoms with Gasteiger partial charge < -0.3 is 4.74 Å². The first kappa shape index (κ1) is 15.5. The Balaban J connectivity index is 2.35. The van der Waals surface area contributed by atoms with E-state index < -0.39 is 0 Å². The van der Waals surface area contributed by atoms with Crippen LogP contribution in [-0.4, -0.2) is 12.3 Å². The summed E-state index contributed by atoms with van der Waals surface area (Å²) in [5.74, 6) is 1.18. The highest BCUT2D eigenvalue weighted by atomic mass is 16.5. The van der Waals surface area contributed by atoms with Crippen LogP contribution in [0.5, 0.6) is 5.75 Å². The van der Waals surface area contributed by atoms with E-state index in [-0.39, 0.29) is 5.60 Å². The fourth-order valence-electron chi connectivity index (χ4n) is 3.25. The molecule has 0 amide bonds. The maximum absolute atomic E-state index is 6.52. The second-order valence-corrected chi connectivity index (χ2v) is 7.29. The molecule has 0 saturated carbocycles. The van der Waals surface area contributed by atoms with Crippen LogP contribution in [0.25, 0.3) is 0 Å². The van der Waals surface area contributed by atoms with E-state index in [0.717, 1.165) is 26.0 Å². The van der Waals surface area contributed by atoms with Crippen LogP contribution in [0.4, 0.5) is 0 Å². The number of benzene rings is 1. The molecular formula is C18H29BO. The van der Waals surface area contributed by atoms with Gasteiger partial charge in [0.25, 0.3) is 0 Å². The van der Waals surface area contributed by atoms with Gasteiger partial charge in [0.1, 0.15) is 18.1 Å². The van der Waals surface area contributed by atoms with Crippen LogP contribution in [0.1, 0.15) is 47.6 Å². The number of fused-ring (bicyclic) bond motifs is 1. The van der Waals surface area contributed by atoms with Gasteiger partial charge in [0, 0.05) is 0 Å². The second-order valence-electron chi connectivity index (χ2n) is 7.29. The van der Waals surface area contributed by atoms with Crippen LogP contribution >= 0.6 is 0 Å². The quantitative estimate of drug-likeness (QED) is 0.691. The van der Waals surface area contributed by atoms with Gasteiger partial charge in [0.2, 0.25) is 0 Å². The lowest BCUT2D eigenvalue weighted by Gasteiger charge is -2.38. The second kappa shape index (κ2) is 5.46. The molecule has 1 nitrogen and oxygen atoms in total. The van der Waals surface area contributed by atoms with Crippen molar-refractivity contribution in [2.45, 2.75) is 79.4 Å². The minimum atomic E-state index is 0.0240. The van der Waals surface area contributed by atoms with E-state index in [1.807, 2.05) is 0 Å². The predicted octanol–water partition coefficient (Wildman–Crippen LogP) is 5.15. The Hall–Kier alpha value is -0.915. The first-order chi connectivity index (χ1) is 9.25. The average Bonchev–Trinajstić information content (AvgIpc) is 2.41. The van der Waals surface area contributed by atoms with Gasteiger partial charge in [-0.15, -0.1) is 0 Å². The van der Waals surface area contributed by atoms with E-state index in [2.05, 4.69) is 48.3 Å². The zero-order valence-corrected chi connectivity index (χ0v) is 14.3. The molecule has 0 N–H and O–H groups in total. The predicted molar refractivity (Wildman–Crippen MR) is 89.7 cm³/mol. The van der Waals surface area contributed by atoms with Gasteiger partial charge in [-0.1, -0.05) is 20.0 Å². The van der Waals surface area contributed by atoms with Gasteiger partial charge in [0.05, 0.1) is 0 Å². The third-order valence-electron chi connectivity index (χ3n) is 5.26. The highest BCUT2D eigenvalue weighted by Gasteiger charge is 2.33. The molecule has 0 spiro atoms. The Kier molecular flexibility index (Phi) is 4.23. The highest BCUT2D eigenvalue weighted by Crippen LogP contribution is 2.42. The fraction of sp³-hybridized carbons (Fsp3) is 0.667. The van der Waals surface area contributed by atoms with Crippen molar-refractivity contribution in [3.8, 4) is 5.75 Å². The molecule has 110 valence electrons. The van der Waals surface area contributed by atoms with E-state index in [9.17, 15) is 0 Å². The monoisotopic (exact) mass is 272 g/mol. The molecule has 0 aromatic heterocycles. The average molecular weight is 272 g/mol. The molecule has 2 heteroatoms. The molecule has 1 atom stereocenters. The Labute approximate surface area is 125 Å². The summed E-state index contributed by atoms with van der Waals surface area (Å²) in [6.07, 6.45) is 4.72. The van der Waals surface area contributed by atoms with Gasteiger partial charge in [0.15, 0.2) is 0 Å². The van der Waals surface area contributed by atoms with Crippen molar-refractivity contribution in [1.82, 2.24) is 0 Å². The summed E-state index contributed by atoms with van der Waals surface area (Å²) >= 11 is 0. The van der Waals surface area contributed by atoms with Crippen molar-refractivity contribution < 1.29 is 4.74 Å². The summed E-state index contributed by atoms with van der Waals surface area (Å²) < 4.78 is 6.52. The summed E-state index contributed by atoms with van der Waals surface area (Å²) in [6, 6.07) is 0. The number of ether oxygens (including phenoxy) is 1. The molecule has 1 aromatic rings. The standard InChI is InChI=1S/C18H29BO/c1-12-13(2)15(4)17-16(14(12)3)8-9-18(5,20-17)10-11-19(6)7/h8-11H2,1-7H3/t18-/m0/s1. The minimum absolute atomic E-state index is 0.0240. The van der Waals surface area contributed by atoms with Crippen molar-refractivity contribution in [3.05, 3.63) is 27.8 Å². The third-order valence-corrected chi connectivity index (χ3v) is 5.26. The Morgan fingerprint density at radius 1 is 1.00 bits per heavy atom. The first-order valence-corrected chi connectivity index (χ1v) is 8.03. The lowest BCUT2D eigenvalue weighted by atomic mass is 9.50. The van der Waals surface area contributed by atoms with Crippen molar-refractivity contribution in [2.75, 3.05) is 0 Å². The molecule has 20 heavy (non-hydrogen) atoms. The Bertz CT molecular complexity index is 519. The van der Waals surface area contributed by atoms with Crippen molar-refractivity contribution >= 4 is 6.71 Å². The summed E-state index contributed by atoms with van der Waals surface area (Å²) in [4.78, 5) is 0. The largest absolute Gasteiger partial charge is 0.487 e. The Morgan fingerprint density at radius 2 is 1.60 bits per heavy atom. The van der Waals surface area contributed by atoms with Crippen LogP contribution in [0.15, 0.2) is 0 Å². The summed E-state index contributed by atoms with van der Waals surface area (Å²) in [5.41, 5.74) is 7.10. The van der Waals surface area contributed by atoms with Gasteiger partial charge in [-0.3, -0.25) is 0 Å². The van der Waals surface area contributed by atoms with Crippen LogP contribution in [0.2, 0.25) is 20.0 Å². The SMILES string of the molecule is CB(C)CC[C@]1(C)CCc2c(C)c(C)c(C)c(C)c2O1. The maximum atomic E-state index is 6.52. The van der Waals surface area contributed by atoms with Gasteiger partial charge in [-0.2, -0.15) is 0 Å². The first-order valence-electron chi connectivity index (χ1n) is 8.03. The third kappa shape index (κ3) is 2.75. The van der Waals surface area contributed by atoms with E-state index in [1.54, 1.807) is 0 Å². The fourth-order valence-corrected chi connectivity index (χ4v) is 3.25. The molecule has 0 bridgehead atoms. The van der Waals surface area contributed by atoms with Crippen molar-refractivity contribution in [1.29, 1.82) is 0 Å². The van der Waals surface area contributed by atoms with Crippen LogP contribution in [-0.2, 0) is 6.42 Å². The number of hydrogen-bond acceptors (Lipinski definition) is 1. The zero-order valence-electron chi connectivity index (χ0n) is 14.3. The molecular weight excluding hydrogens is 243 g/mol. The molecule has 1 aliphatic rings.